The molecule has 118 valence electrons. The van der Waals surface area contributed by atoms with Crippen LogP contribution >= 0.6 is 15.9 Å². The molecule has 1 heterocycles. The summed E-state index contributed by atoms with van der Waals surface area (Å²) in [6, 6.07) is 8.48. The topological polar surface area (TPSA) is 55.4 Å². The molecule has 0 fully saturated rings. The number of hydrogen-bond acceptors (Lipinski definition) is 3. The maximum absolute atomic E-state index is 13.8. The largest absolute Gasteiger partial charge is 0.448 e. The summed E-state index contributed by atoms with van der Waals surface area (Å²) in [7, 11) is 0. The van der Waals surface area contributed by atoms with Gasteiger partial charge in [-0.15, -0.1) is 0 Å². The number of fused-ring (bicyclic) bond motifs is 1. The van der Waals surface area contributed by atoms with Crippen molar-refractivity contribution in [2.24, 2.45) is 0 Å². The number of halogens is 3. The average Bonchev–Trinajstić information content (AvgIpc) is 2.50. The fraction of sp³-hybridized carbons (Fsp3) is 0.125. The van der Waals surface area contributed by atoms with E-state index < -0.39 is 29.6 Å². The number of benzene rings is 2. The second-order valence-electron chi connectivity index (χ2n) is 4.99. The molecule has 0 aromatic heterocycles. The van der Waals surface area contributed by atoms with E-state index in [1.54, 1.807) is 24.3 Å². The van der Waals surface area contributed by atoms with Crippen molar-refractivity contribution in [3.63, 3.8) is 0 Å². The van der Waals surface area contributed by atoms with Crippen molar-refractivity contribution in [2.45, 2.75) is 12.5 Å². The second-order valence-corrected chi connectivity index (χ2v) is 5.84. The fourth-order valence-electron chi connectivity index (χ4n) is 2.34. The first-order valence-corrected chi connectivity index (χ1v) is 7.49. The normalized spacial score (nSPS) is 16.5. The number of rotatable bonds is 2. The highest BCUT2D eigenvalue weighted by atomic mass is 79.9. The minimum Gasteiger partial charge on any atom is -0.448 e. The molecule has 2 aromatic rings. The molecule has 4 nitrogen and oxygen atoms in total. The molecule has 0 spiro atoms. The summed E-state index contributed by atoms with van der Waals surface area (Å²) in [5.41, 5.74) is 0.888. The fourth-order valence-corrected chi connectivity index (χ4v) is 2.85. The Bertz CT molecular complexity index is 787. The van der Waals surface area contributed by atoms with Crippen LogP contribution in [0.25, 0.3) is 0 Å². The van der Waals surface area contributed by atoms with Crippen molar-refractivity contribution < 1.29 is 23.1 Å². The van der Waals surface area contributed by atoms with E-state index in [-0.39, 0.29) is 16.6 Å². The van der Waals surface area contributed by atoms with Crippen LogP contribution in [0.2, 0.25) is 0 Å². The predicted molar refractivity (Wildman–Crippen MR) is 82.0 cm³/mol. The molecule has 0 saturated carbocycles. The number of nitrogens with one attached hydrogen (secondary N) is 1. The van der Waals surface area contributed by atoms with Crippen LogP contribution in [0.3, 0.4) is 0 Å². The van der Waals surface area contributed by atoms with E-state index in [0.29, 0.717) is 17.2 Å². The van der Waals surface area contributed by atoms with E-state index in [2.05, 4.69) is 21.2 Å². The molecule has 0 bridgehead atoms. The van der Waals surface area contributed by atoms with Crippen molar-refractivity contribution in [1.82, 2.24) is 0 Å². The van der Waals surface area contributed by atoms with Crippen LogP contribution in [0.1, 0.15) is 15.9 Å². The Morgan fingerprint density at radius 2 is 2.00 bits per heavy atom. The summed E-state index contributed by atoms with van der Waals surface area (Å²) in [5, 5.41) is 2.32. The van der Waals surface area contributed by atoms with Crippen LogP contribution < -0.4 is 5.32 Å². The van der Waals surface area contributed by atoms with Gasteiger partial charge in [-0.25, -0.2) is 13.6 Å². The van der Waals surface area contributed by atoms with Crippen LogP contribution in [-0.4, -0.2) is 18.0 Å². The molecule has 1 N–H and O–H groups in total. The maximum atomic E-state index is 13.8. The van der Waals surface area contributed by atoms with Crippen molar-refractivity contribution in [1.29, 1.82) is 0 Å². The van der Waals surface area contributed by atoms with Crippen LogP contribution in [-0.2, 0) is 16.0 Å². The summed E-state index contributed by atoms with van der Waals surface area (Å²) in [6.45, 7) is 0. The smallest absolute Gasteiger partial charge is 0.339 e. The standard InChI is InChI=1S/C16H10BrF2NO3/c17-11-6-9(18)7-12(19)14(11)20-15(21)13-5-8-3-1-2-4-10(8)16(22)23-13/h1-4,6-7,13H,5H2,(H,20,21). The van der Waals surface area contributed by atoms with Gasteiger partial charge in [-0.05, 0) is 33.6 Å². The molecule has 0 aliphatic carbocycles. The summed E-state index contributed by atoms with van der Waals surface area (Å²) >= 11 is 2.99. The number of hydrogen-bond donors (Lipinski definition) is 1. The van der Waals surface area contributed by atoms with Gasteiger partial charge in [0.1, 0.15) is 5.82 Å². The monoisotopic (exact) mass is 381 g/mol. The lowest BCUT2D eigenvalue weighted by molar-refractivity contribution is -0.125. The first-order valence-electron chi connectivity index (χ1n) is 6.70. The van der Waals surface area contributed by atoms with E-state index in [9.17, 15) is 18.4 Å². The molecule has 1 unspecified atom stereocenters. The molecular weight excluding hydrogens is 372 g/mol. The van der Waals surface area contributed by atoms with Gasteiger partial charge in [0, 0.05) is 17.0 Å². The molecule has 0 radical (unpaired) electrons. The third kappa shape index (κ3) is 3.10. The zero-order valence-corrected chi connectivity index (χ0v) is 13.2. The van der Waals surface area contributed by atoms with Gasteiger partial charge in [0.2, 0.25) is 0 Å². The van der Waals surface area contributed by atoms with E-state index in [1.165, 1.54) is 0 Å². The lowest BCUT2D eigenvalue weighted by Gasteiger charge is -2.24. The highest BCUT2D eigenvalue weighted by Gasteiger charge is 2.31. The molecule has 23 heavy (non-hydrogen) atoms. The summed E-state index contributed by atoms with van der Waals surface area (Å²) in [4.78, 5) is 24.1. The summed E-state index contributed by atoms with van der Waals surface area (Å²) in [5.74, 6) is -2.98. The average molecular weight is 382 g/mol. The molecule has 1 aliphatic heterocycles. The molecule has 3 rings (SSSR count). The number of esters is 1. The van der Waals surface area contributed by atoms with Crippen LogP contribution in [0.15, 0.2) is 40.9 Å². The third-order valence-corrected chi connectivity index (χ3v) is 4.06. The first-order chi connectivity index (χ1) is 11.0. The lowest BCUT2D eigenvalue weighted by Crippen LogP contribution is -2.38. The van der Waals surface area contributed by atoms with Crippen molar-refractivity contribution in [3.8, 4) is 0 Å². The second kappa shape index (κ2) is 6.08. The van der Waals surface area contributed by atoms with Gasteiger partial charge < -0.3 is 10.1 Å². The first kappa shape index (κ1) is 15.6. The van der Waals surface area contributed by atoms with Crippen LogP contribution in [0, 0.1) is 11.6 Å². The number of cyclic esters (lactones) is 1. The van der Waals surface area contributed by atoms with Gasteiger partial charge in [-0.3, -0.25) is 4.79 Å². The molecule has 1 aliphatic rings. The lowest BCUT2D eigenvalue weighted by atomic mass is 9.98. The van der Waals surface area contributed by atoms with E-state index in [1.807, 2.05) is 0 Å². The summed E-state index contributed by atoms with van der Waals surface area (Å²) in [6.07, 6.45) is -0.887. The Hall–Kier alpha value is -2.28. The number of ether oxygens (including phenoxy) is 1. The Morgan fingerprint density at radius 1 is 1.26 bits per heavy atom. The van der Waals surface area contributed by atoms with E-state index >= 15 is 0 Å². The van der Waals surface area contributed by atoms with Crippen molar-refractivity contribution in [3.05, 3.63) is 63.6 Å². The van der Waals surface area contributed by atoms with Gasteiger partial charge in [-0.1, -0.05) is 18.2 Å². The molecule has 2 aromatic carbocycles. The maximum Gasteiger partial charge on any atom is 0.339 e. The van der Waals surface area contributed by atoms with Crippen LogP contribution in [0.5, 0.6) is 0 Å². The molecular formula is C16H10BrF2NO3. The predicted octanol–water partition coefficient (Wildman–Crippen LogP) is 3.45. The van der Waals surface area contributed by atoms with E-state index in [4.69, 9.17) is 4.74 Å². The minimum atomic E-state index is -1.08. The minimum absolute atomic E-state index is 0.0610. The third-order valence-electron chi connectivity index (χ3n) is 3.44. The Morgan fingerprint density at radius 3 is 2.74 bits per heavy atom. The van der Waals surface area contributed by atoms with Gasteiger partial charge >= 0.3 is 5.97 Å². The highest BCUT2D eigenvalue weighted by molar-refractivity contribution is 9.10. The van der Waals surface area contributed by atoms with Gasteiger partial charge in [0.05, 0.1) is 11.3 Å². The molecule has 0 saturated heterocycles. The number of carbonyl (C=O) groups excluding carboxylic acids is 2. The van der Waals surface area contributed by atoms with Crippen molar-refractivity contribution >= 4 is 33.5 Å². The number of anilines is 1. The Kier molecular flexibility index (Phi) is 4.12. The number of carbonyl (C=O) groups is 2. The Labute approximate surface area is 138 Å². The van der Waals surface area contributed by atoms with Gasteiger partial charge in [-0.2, -0.15) is 0 Å². The zero-order valence-electron chi connectivity index (χ0n) is 11.6. The van der Waals surface area contributed by atoms with E-state index in [0.717, 1.165) is 6.07 Å². The molecule has 1 atom stereocenters. The van der Waals surface area contributed by atoms with Crippen LogP contribution in [0.4, 0.5) is 14.5 Å². The van der Waals surface area contributed by atoms with Gasteiger partial charge in [0.15, 0.2) is 11.9 Å². The highest BCUT2D eigenvalue weighted by Crippen LogP contribution is 2.28. The molecule has 1 amide bonds. The van der Waals surface area contributed by atoms with Gasteiger partial charge in [0.25, 0.3) is 5.91 Å². The zero-order chi connectivity index (χ0) is 16.6. The summed E-state index contributed by atoms with van der Waals surface area (Å²) < 4.78 is 32.0. The quantitative estimate of drug-likeness (QED) is 0.810. The molecule has 7 heteroatoms. The van der Waals surface area contributed by atoms with Crippen molar-refractivity contribution in [2.75, 3.05) is 5.32 Å². The number of amides is 1. The Balaban J connectivity index is 1.82. The SMILES string of the molecule is O=C1OC(C(=O)Nc2c(F)cc(F)cc2Br)Cc2ccccc21.